The predicted octanol–water partition coefficient (Wildman–Crippen LogP) is 16.6. The number of ether oxygens (including phenoxy) is 2. The number of hydrogen-bond acceptors (Lipinski definition) is 4. The number of rotatable bonds is 16. The lowest BCUT2D eigenvalue weighted by molar-refractivity contribution is 0.0246. The molecule has 0 aliphatic carbocycles. The number of fused-ring (bicyclic) bond motifs is 6. The Morgan fingerprint density at radius 2 is 0.579 bits per heavy atom. The summed E-state index contributed by atoms with van der Waals surface area (Å²) in [5, 5.41) is 4.59. The molecule has 6 aromatic carbocycles. The van der Waals surface area contributed by atoms with Gasteiger partial charge in [0.2, 0.25) is 0 Å². The fourth-order valence-electron chi connectivity index (χ4n) is 13.3. The second kappa shape index (κ2) is 20.5. The lowest BCUT2D eigenvalue weighted by Crippen LogP contribution is -2.31. The molecule has 0 fully saturated rings. The molecule has 0 N–H and O–H groups in total. The van der Waals surface area contributed by atoms with Crippen molar-refractivity contribution in [2.24, 2.45) is 0 Å². The van der Waals surface area contributed by atoms with Gasteiger partial charge in [-0.1, -0.05) is 163 Å². The minimum Gasteiger partial charge on any atom is -0.440 e. The Bertz CT molecular complexity index is 3400. The van der Waals surface area contributed by atoms with E-state index in [1.54, 1.807) is 0 Å². The van der Waals surface area contributed by atoms with Gasteiger partial charge in [-0.2, -0.15) is 0 Å². The number of aryl methyl sites for hydroxylation is 4. The third kappa shape index (κ3) is 7.68. The average Bonchev–Trinajstić information content (AvgIpc) is 4.23. The molecule has 2 aliphatic rings. The van der Waals surface area contributed by atoms with Gasteiger partial charge in [0.15, 0.2) is 11.2 Å². The van der Waals surface area contributed by atoms with E-state index in [4.69, 9.17) is 9.47 Å². The number of aromatic nitrogens is 4. The van der Waals surface area contributed by atoms with Gasteiger partial charge in [0.1, 0.15) is 0 Å². The monoisotopic (exact) mass is 1010 g/mol. The highest BCUT2D eigenvalue weighted by molar-refractivity contribution is 6.03. The standard InChI is InChI=1S/2C34H36N2O2/c2*1-5-7-21-35-23(3)31(26-16-10-13-19-29(26)35)34(28-18-12-9-15-25(28)33(37)38-34)32-24(4)36(22-8-6-2)30-20-14-11-17-27(30)32/h2*9-20H,5-8,21-22H2,1-4H3. The van der Waals surface area contributed by atoms with Crippen LogP contribution in [-0.2, 0) is 46.9 Å². The number of esters is 2. The van der Waals surface area contributed by atoms with E-state index in [1.165, 1.54) is 22.1 Å². The molecule has 0 saturated heterocycles. The summed E-state index contributed by atoms with van der Waals surface area (Å²) in [5.74, 6) is -0.509. The molecule has 0 atom stereocenters. The van der Waals surface area contributed by atoms with Gasteiger partial charge in [0, 0.05) is 126 Å². The fourth-order valence-corrected chi connectivity index (χ4v) is 13.3. The zero-order chi connectivity index (χ0) is 52.9. The number of hydrogen-bond donors (Lipinski definition) is 0. The number of para-hydroxylation sites is 4. The third-order valence-corrected chi connectivity index (χ3v) is 16.8. The molecule has 4 aromatic heterocycles. The van der Waals surface area contributed by atoms with Crippen LogP contribution < -0.4 is 0 Å². The number of carbonyl (C=O) groups is 2. The maximum absolute atomic E-state index is 13.6. The lowest BCUT2D eigenvalue weighted by atomic mass is 9.77. The van der Waals surface area contributed by atoms with Crippen molar-refractivity contribution in [3.05, 3.63) is 213 Å². The Hall–Kier alpha value is -7.58. The molecule has 388 valence electrons. The van der Waals surface area contributed by atoms with Gasteiger partial charge < -0.3 is 27.7 Å². The van der Waals surface area contributed by atoms with Crippen LogP contribution in [0.25, 0.3) is 43.6 Å². The summed E-state index contributed by atoms with van der Waals surface area (Å²) >= 11 is 0. The normalized spacial score (nSPS) is 14.4. The van der Waals surface area contributed by atoms with E-state index in [-0.39, 0.29) is 11.9 Å². The summed E-state index contributed by atoms with van der Waals surface area (Å²) in [6.45, 7) is 21.5. The first-order valence-electron chi connectivity index (χ1n) is 28.1. The second-order valence-corrected chi connectivity index (χ2v) is 21.2. The fraction of sp³-hybridized carbons (Fsp3) is 0.324. The van der Waals surface area contributed by atoms with Crippen LogP contribution in [0, 0.1) is 27.7 Å². The first kappa shape index (κ1) is 50.6. The summed E-state index contributed by atoms with van der Waals surface area (Å²) in [7, 11) is 0. The molecule has 0 bridgehead atoms. The smallest absolute Gasteiger partial charge is 0.340 e. The van der Waals surface area contributed by atoms with E-state index in [2.05, 4.69) is 183 Å². The van der Waals surface area contributed by atoms with Gasteiger partial charge in [-0.05, 0) is 89.8 Å². The summed E-state index contributed by atoms with van der Waals surface area (Å²) in [6, 6.07) is 50.4. The van der Waals surface area contributed by atoms with Crippen molar-refractivity contribution in [1.82, 2.24) is 18.3 Å². The summed E-state index contributed by atoms with van der Waals surface area (Å²) in [5.41, 5.74) is 14.9. The minimum absolute atomic E-state index is 0.254. The average molecular weight is 1010 g/mol. The molecule has 0 spiro atoms. The van der Waals surface area contributed by atoms with Gasteiger partial charge in [0.05, 0.1) is 11.1 Å². The Morgan fingerprint density at radius 3 is 0.842 bits per heavy atom. The van der Waals surface area contributed by atoms with Gasteiger partial charge >= 0.3 is 11.9 Å². The number of benzene rings is 6. The number of unbranched alkanes of at least 4 members (excludes halogenated alkanes) is 4. The molecule has 8 heteroatoms. The van der Waals surface area contributed by atoms with Crippen molar-refractivity contribution in [3.63, 3.8) is 0 Å². The van der Waals surface area contributed by atoms with E-state index in [9.17, 15) is 9.59 Å². The van der Waals surface area contributed by atoms with Gasteiger partial charge in [-0.3, -0.25) is 0 Å². The van der Waals surface area contributed by atoms with Crippen LogP contribution in [0.15, 0.2) is 146 Å². The number of carbonyl (C=O) groups excluding carboxylic acids is 2. The molecule has 2 aliphatic heterocycles. The first-order chi connectivity index (χ1) is 37.1. The molecule has 0 amide bonds. The molecule has 0 radical (unpaired) electrons. The lowest BCUT2D eigenvalue weighted by Gasteiger charge is -2.31. The minimum atomic E-state index is -1.03. The highest BCUT2D eigenvalue weighted by Crippen LogP contribution is 2.56. The molecular weight excluding hydrogens is 937 g/mol. The van der Waals surface area contributed by atoms with Crippen LogP contribution in [0.3, 0.4) is 0 Å². The highest BCUT2D eigenvalue weighted by atomic mass is 16.6. The Kier molecular flexibility index (Phi) is 13.6. The van der Waals surface area contributed by atoms with Crippen LogP contribution in [0.1, 0.15) is 156 Å². The van der Waals surface area contributed by atoms with Crippen molar-refractivity contribution < 1.29 is 19.1 Å². The van der Waals surface area contributed by atoms with Crippen molar-refractivity contribution in [3.8, 4) is 0 Å². The number of cyclic esters (lactones) is 2. The van der Waals surface area contributed by atoms with Crippen molar-refractivity contribution >= 4 is 55.6 Å². The van der Waals surface area contributed by atoms with E-state index < -0.39 is 11.2 Å². The number of nitrogens with zero attached hydrogens (tertiary/aromatic N) is 4. The van der Waals surface area contributed by atoms with Crippen LogP contribution >= 0.6 is 0 Å². The second-order valence-electron chi connectivity index (χ2n) is 21.2. The van der Waals surface area contributed by atoms with Crippen molar-refractivity contribution in [2.45, 2.75) is 144 Å². The molecule has 0 unspecified atom stereocenters. The third-order valence-electron chi connectivity index (χ3n) is 16.8. The van der Waals surface area contributed by atoms with Gasteiger partial charge in [-0.25, -0.2) is 9.59 Å². The highest BCUT2D eigenvalue weighted by Gasteiger charge is 2.55. The molecule has 6 heterocycles. The Balaban J connectivity index is 0.000000162. The predicted molar refractivity (Wildman–Crippen MR) is 310 cm³/mol. The zero-order valence-electron chi connectivity index (χ0n) is 45.8. The van der Waals surface area contributed by atoms with Crippen LogP contribution in [0.4, 0.5) is 0 Å². The van der Waals surface area contributed by atoms with Gasteiger partial charge in [0.25, 0.3) is 0 Å². The largest absolute Gasteiger partial charge is 0.440 e. The van der Waals surface area contributed by atoms with Crippen LogP contribution in [0.5, 0.6) is 0 Å². The van der Waals surface area contributed by atoms with Crippen molar-refractivity contribution in [1.29, 1.82) is 0 Å². The Morgan fingerprint density at radius 1 is 0.342 bits per heavy atom. The summed E-state index contributed by atoms with van der Waals surface area (Å²) in [6.07, 6.45) is 8.86. The van der Waals surface area contributed by atoms with E-state index in [0.29, 0.717) is 11.1 Å². The molecule has 10 aromatic rings. The summed E-state index contributed by atoms with van der Waals surface area (Å²) in [4.78, 5) is 27.3. The van der Waals surface area contributed by atoms with E-state index in [0.717, 1.165) is 155 Å². The molecular formula is C68H72N4O4. The molecule has 12 rings (SSSR count). The van der Waals surface area contributed by atoms with E-state index >= 15 is 0 Å². The topological polar surface area (TPSA) is 72.3 Å². The first-order valence-corrected chi connectivity index (χ1v) is 28.1. The quantitative estimate of drug-likeness (QED) is 0.0904. The van der Waals surface area contributed by atoms with Crippen LogP contribution in [0.2, 0.25) is 0 Å². The molecule has 0 saturated carbocycles. The molecule has 8 nitrogen and oxygen atoms in total. The van der Waals surface area contributed by atoms with Crippen molar-refractivity contribution in [2.75, 3.05) is 0 Å². The molecule has 76 heavy (non-hydrogen) atoms. The maximum Gasteiger partial charge on any atom is 0.340 e. The van der Waals surface area contributed by atoms with Gasteiger partial charge in [-0.15, -0.1) is 0 Å². The summed E-state index contributed by atoms with van der Waals surface area (Å²) < 4.78 is 23.2. The van der Waals surface area contributed by atoms with Crippen LogP contribution in [-0.4, -0.2) is 30.2 Å². The van der Waals surface area contributed by atoms with E-state index in [1.807, 2.05) is 36.4 Å². The SMILES string of the molecule is CCCCn1c(C)c(C2(c3c(C)n(CCCC)c4ccccc34)OC(=O)c3ccccc32)c2ccccc21.CCCCn1c(C)c(C2(c3c(C)n(CCCC)c4ccccc34)OC(=O)c3ccccc32)c2ccccc21. The maximum atomic E-state index is 13.6. The Labute approximate surface area is 447 Å². The zero-order valence-corrected chi connectivity index (χ0v) is 45.8.